The summed E-state index contributed by atoms with van der Waals surface area (Å²) in [7, 11) is 0. The fraction of sp³-hybridized carbons (Fsp3) is 0.185. The van der Waals surface area contributed by atoms with Crippen molar-refractivity contribution in [2.45, 2.75) is 26.8 Å². The highest BCUT2D eigenvalue weighted by atomic mass is 16.5. The van der Waals surface area contributed by atoms with E-state index >= 15 is 0 Å². The molecule has 2 N–H and O–H groups in total. The lowest BCUT2D eigenvalue weighted by molar-refractivity contribution is 0.0527. The van der Waals surface area contributed by atoms with Crippen LogP contribution >= 0.6 is 0 Å². The van der Waals surface area contributed by atoms with E-state index in [1.807, 2.05) is 55.5 Å². The summed E-state index contributed by atoms with van der Waals surface area (Å²) < 4.78 is 7.44. The number of hydrogen-bond acceptors (Lipinski definition) is 4. The van der Waals surface area contributed by atoms with E-state index in [0.717, 1.165) is 28.2 Å². The summed E-state index contributed by atoms with van der Waals surface area (Å²) >= 11 is 0. The van der Waals surface area contributed by atoms with Crippen LogP contribution in [0, 0.1) is 6.92 Å². The number of aromatic nitrogens is 3. The molecule has 2 aromatic heterocycles. The second-order valence-corrected chi connectivity index (χ2v) is 8.11. The largest absolute Gasteiger partial charge is 0.506 e. The molecule has 0 spiro atoms. The number of hydrogen-bond donors (Lipinski definition) is 2. The van der Waals surface area contributed by atoms with E-state index in [2.05, 4.69) is 21.7 Å². The van der Waals surface area contributed by atoms with E-state index in [9.17, 15) is 9.90 Å². The lowest BCUT2D eigenvalue weighted by Gasteiger charge is -2.09. The van der Waals surface area contributed by atoms with Gasteiger partial charge in [0.25, 0.3) is 0 Å². The predicted octanol–water partition coefficient (Wildman–Crippen LogP) is 5.35. The van der Waals surface area contributed by atoms with Gasteiger partial charge in [-0.15, -0.1) is 0 Å². The number of carbonyl (C=O) groups excluding carboxylic acids is 1. The van der Waals surface area contributed by atoms with E-state index in [1.54, 1.807) is 13.0 Å². The van der Waals surface area contributed by atoms with E-state index in [4.69, 9.17) is 9.72 Å². The average molecular weight is 440 g/mol. The van der Waals surface area contributed by atoms with Crippen molar-refractivity contribution in [3.63, 3.8) is 0 Å². The highest BCUT2D eigenvalue weighted by molar-refractivity contribution is 6.14. The zero-order valence-electron chi connectivity index (χ0n) is 18.6. The maximum absolute atomic E-state index is 12.9. The Morgan fingerprint density at radius 3 is 2.39 bits per heavy atom. The van der Waals surface area contributed by atoms with Gasteiger partial charge in [0.2, 0.25) is 0 Å². The number of imidazole rings is 1. The summed E-state index contributed by atoms with van der Waals surface area (Å²) in [5.41, 5.74) is 5.49. The van der Waals surface area contributed by atoms with Crippen molar-refractivity contribution in [2.24, 2.45) is 0 Å². The molecule has 5 rings (SSSR count). The molecule has 166 valence electrons. The number of rotatable bonds is 6. The monoisotopic (exact) mass is 439 g/mol. The van der Waals surface area contributed by atoms with Crippen molar-refractivity contribution >= 4 is 27.9 Å². The van der Waals surface area contributed by atoms with Gasteiger partial charge in [-0.2, -0.15) is 0 Å². The highest BCUT2D eigenvalue weighted by Crippen LogP contribution is 2.37. The molecule has 0 aliphatic carbocycles. The van der Waals surface area contributed by atoms with Crippen molar-refractivity contribution in [3.8, 4) is 5.75 Å². The summed E-state index contributed by atoms with van der Waals surface area (Å²) in [6.07, 6.45) is 0.611. The van der Waals surface area contributed by atoms with E-state index in [0.29, 0.717) is 34.9 Å². The first-order chi connectivity index (χ1) is 16.1. The van der Waals surface area contributed by atoms with E-state index in [-0.39, 0.29) is 12.4 Å². The van der Waals surface area contributed by atoms with Gasteiger partial charge in [-0.05, 0) is 31.0 Å². The standard InChI is InChI=1S/C27H25N3O3/c1-3-33-27(32)23-17(2)30(16-19-12-8-5-9-13-19)26-20(23)15-21(31)24-25(26)29-22(28-24)14-18-10-6-4-7-11-18/h4-13,15,31H,3,14,16H2,1-2H3,(H,28,29). The second kappa shape index (κ2) is 8.47. The molecule has 5 aromatic rings. The third kappa shape index (κ3) is 3.74. The molecule has 33 heavy (non-hydrogen) atoms. The highest BCUT2D eigenvalue weighted by Gasteiger charge is 2.25. The van der Waals surface area contributed by atoms with Gasteiger partial charge in [-0.3, -0.25) is 0 Å². The fourth-order valence-electron chi connectivity index (χ4n) is 4.44. The molecule has 0 bridgehead atoms. The first-order valence-corrected chi connectivity index (χ1v) is 11.0. The molecule has 6 heteroatoms. The Morgan fingerprint density at radius 2 is 1.73 bits per heavy atom. The number of nitrogens with one attached hydrogen (secondary N) is 1. The van der Waals surface area contributed by atoms with Gasteiger partial charge < -0.3 is 19.4 Å². The number of phenolic OH excluding ortho intramolecular Hbond substituents is 1. The number of benzene rings is 3. The molecular weight excluding hydrogens is 414 g/mol. The number of ether oxygens (including phenoxy) is 1. The number of aromatic amines is 1. The zero-order valence-corrected chi connectivity index (χ0v) is 18.6. The van der Waals surface area contributed by atoms with Gasteiger partial charge in [0.1, 0.15) is 22.6 Å². The molecule has 0 aliphatic rings. The first kappa shape index (κ1) is 20.8. The molecule has 0 aliphatic heterocycles. The van der Waals surface area contributed by atoms with Crippen LogP contribution in [0.2, 0.25) is 0 Å². The number of carbonyl (C=O) groups is 1. The van der Waals surface area contributed by atoms with Crippen molar-refractivity contribution in [1.29, 1.82) is 0 Å². The smallest absolute Gasteiger partial charge is 0.340 e. The van der Waals surface area contributed by atoms with Crippen LogP contribution in [0.5, 0.6) is 5.75 Å². The van der Waals surface area contributed by atoms with Gasteiger partial charge >= 0.3 is 5.97 Å². The molecule has 0 saturated heterocycles. The SMILES string of the molecule is CCOC(=O)c1c(C)n(Cc2ccccc2)c2c1cc(O)c1[nH]c(Cc3ccccc3)nc12. The Bertz CT molecular complexity index is 1450. The molecule has 0 fully saturated rings. The van der Waals surface area contributed by atoms with Crippen LogP contribution in [0.15, 0.2) is 66.7 Å². The van der Waals surface area contributed by atoms with Crippen molar-refractivity contribution in [3.05, 3.63) is 94.9 Å². The molecule has 3 aromatic carbocycles. The minimum atomic E-state index is -0.398. The van der Waals surface area contributed by atoms with Crippen LogP contribution in [0.25, 0.3) is 21.9 Å². The maximum atomic E-state index is 12.9. The van der Waals surface area contributed by atoms with Gasteiger partial charge in [-0.25, -0.2) is 9.78 Å². The number of aromatic hydroxyl groups is 1. The van der Waals surface area contributed by atoms with Gasteiger partial charge in [0.15, 0.2) is 0 Å². The molecule has 0 atom stereocenters. The third-order valence-electron chi connectivity index (χ3n) is 5.95. The van der Waals surface area contributed by atoms with Crippen molar-refractivity contribution in [1.82, 2.24) is 14.5 Å². The van der Waals surface area contributed by atoms with E-state index < -0.39 is 5.97 Å². The molecule has 0 unspecified atom stereocenters. The van der Waals surface area contributed by atoms with Crippen molar-refractivity contribution in [2.75, 3.05) is 6.61 Å². The Morgan fingerprint density at radius 1 is 1.06 bits per heavy atom. The zero-order chi connectivity index (χ0) is 22.9. The summed E-state index contributed by atoms with van der Waals surface area (Å²) in [6, 6.07) is 21.8. The Hall–Kier alpha value is -4.06. The van der Waals surface area contributed by atoms with Crippen LogP contribution < -0.4 is 0 Å². The Labute approximate surface area is 191 Å². The minimum Gasteiger partial charge on any atom is -0.506 e. The molecular formula is C27H25N3O3. The lowest BCUT2D eigenvalue weighted by atomic mass is 10.1. The maximum Gasteiger partial charge on any atom is 0.340 e. The Kier molecular flexibility index (Phi) is 5.34. The van der Waals surface area contributed by atoms with Gasteiger partial charge in [-0.1, -0.05) is 60.7 Å². The topological polar surface area (TPSA) is 80.1 Å². The van der Waals surface area contributed by atoms with Crippen LogP contribution in [0.1, 0.15) is 39.9 Å². The summed E-state index contributed by atoms with van der Waals surface area (Å²) in [5.74, 6) is 0.416. The second-order valence-electron chi connectivity index (χ2n) is 8.11. The first-order valence-electron chi connectivity index (χ1n) is 11.0. The van der Waals surface area contributed by atoms with Crippen molar-refractivity contribution < 1.29 is 14.6 Å². The average Bonchev–Trinajstić information content (AvgIpc) is 3.35. The van der Waals surface area contributed by atoms with Gasteiger partial charge in [0.05, 0.1) is 17.7 Å². The predicted molar refractivity (Wildman–Crippen MR) is 129 cm³/mol. The van der Waals surface area contributed by atoms with E-state index in [1.165, 1.54) is 0 Å². The molecule has 0 saturated carbocycles. The summed E-state index contributed by atoms with van der Waals surface area (Å²) in [4.78, 5) is 21.1. The number of phenols is 1. The molecule has 0 radical (unpaired) electrons. The molecule has 6 nitrogen and oxygen atoms in total. The number of esters is 1. The van der Waals surface area contributed by atoms with Crippen LogP contribution in [0.3, 0.4) is 0 Å². The minimum absolute atomic E-state index is 0.0618. The number of fused-ring (bicyclic) bond motifs is 3. The van der Waals surface area contributed by atoms with Crippen LogP contribution in [0.4, 0.5) is 0 Å². The third-order valence-corrected chi connectivity index (χ3v) is 5.95. The summed E-state index contributed by atoms with van der Waals surface area (Å²) in [6.45, 7) is 4.55. The summed E-state index contributed by atoms with van der Waals surface area (Å²) in [5, 5.41) is 11.5. The fourth-order valence-corrected chi connectivity index (χ4v) is 4.44. The normalized spacial score (nSPS) is 11.3. The Balaban J connectivity index is 1.75. The van der Waals surface area contributed by atoms with Crippen LogP contribution in [-0.2, 0) is 17.7 Å². The lowest BCUT2D eigenvalue weighted by Crippen LogP contribution is -2.08. The number of nitrogens with zero attached hydrogens (tertiary/aromatic N) is 2. The quantitative estimate of drug-likeness (QED) is 0.350. The van der Waals surface area contributed by atoms with Gasteiger partial charge in [0, 0.05) is 24.0 Å². The molecule has 0 amide bonds. The van der Waals surface area contributed by atoms with Crippen LogP contribution in [-0.4, -0.2) is 32.2 Å². The number of H-pyrrole nitrogens is 1. The molecule has 2 heterocycles.